The van der Waals surface area contributed by atoms with Crippen molar-refractivity contribution in [3.8, 4) is 0 Å². The van der Waals surface area contributed by atoms with Crippen LogP contribution in [0.2, 0.25) is 0 Å². The molecule has 0 aromatic carbocycles. The summed E-state index contributed by atoms with van der Waals surface area (Å²) in [4.78, 5) is 9.17. The average Bonchev–Trinajstić information content (AvgIpc) is 3.09. The van der Waals surface area contributed by atoms with Crippen molar-refractivity contribution in [3.63, 3.8) is 0 Å². The van der Waals surface area contributed by atoms with E-state index in [0.717, 1.165) is 28.1 Å². The quantitative estimate of drug-likeness (QED) is 0.443. The summed E-state index contributed by atoms with van der Waals surface area (Å²) in [6, 6.07) is 2.49. The van der Waals surface area contributed by atoms with E-state index in [1.54, 1.807) is 0 Å². The fourth-order valence-corrected chi connectivity index (χ4v) is 3.79. The first kappa shape index (κ1) is 22.0. The molecule has 3 rings (SSSR count). The van der Waals surface area contributed by atoms with Gasteiger partial charge in [0, 0.05) is 23.5 Å². The zero-order chi connectivity index (χ0) is 21.9. The second-order valence-corrected chi connectivity index (χ2v) is 9.53. The van der Waals surface area contributed by atoms with E-state index in [9.17, 15) is 0 Å². The van der Waals surface area contributed by atoms with Gasteiger partial charge in [0.1, 0.15) is 0 Å². The van der Waals surface area contributed by atoms with Crippen LogP contribution >= 0.6 is 0 Å². The summed E-state index contributed by atoms with van der Waals surface area (Å²) in [6.07, 6.45) is 12.7. The van der Waals surface area contributed by atoms with Crippen LogP contribution in [0.1, 0.15) is 72.8 Å². The van der Waals surface area contributed by atoms with Gasteiger partial charge in [0.05, 0.1) is 17.4 Å². The Bertz CT molecular complexity index is 1000. The van der Waals surface area contributed by atoms with Crippen molar-refractivity contribution in [2.24, 2.45) is 10.4 Å². The number of fused-ring (bicyclic) bond motifs is 1. The van der Waals surface area contributed by atoms with Crippen molar-refractivity contribution in [2.45, 2.75) is 73.3 Å². The maximum Gasteiger partial charge on any atom is 0.241 e. The van der Waals surface area contributed by atoms with Gasteiger partial charge < -0.3 is 5.32 Å². The molecule has 2 aromatic rings. The third-order valence-corrected chi connectivity index (χ3v) is 5.73. The van der Waals surface area contributed by atoms with Gasteiger partial charge in [-0.3, -0.25) is 4.99 Å². The molecule has 2 heterocycles. The van der Waals surface area contributed by atoms with Crippen LogP contribution in [-0.4, -0.2) is 26.4 Å². The summed E-state index contributed by atoms with van der Waals surface area (Å²) in [5.41, 5.74) is 6.53. The summed E-state index contributed by atoms with van der Waals surface area (Å²) in [5.74, 6) is 0.690. The molecule has 0 saturated heterocycles. The molecule has 0 radical (unpaired) electrons. The molecule has 0 bridgehead atoms. The Morgan fingerprint density at radius 2 is 1.90 bits per heavy atom. The Hall–Kier alpha value is -2.69. The van der Waals surface area contributed by atoms with Crippen LogP contribution in [-0.2, 0) is 0 Å². The zero-order valence-electron chi connectivity index (χ0n) is 19.3. The van der Waals surface area contributed by atoms with E-state index in [4.69, 9.17) is 0 Å². The fraction of sp³-hybridized carbons (Fsp3) is 0.480. The molecule has 1 aliphatic rings. The summed E-state index contributed by atoms with van der Waals surface area (Å²) in [7, 11) is 0. The molecule has 1 N–H and O–H groups in total. The highest BCUT2D eigenvalue weighted by molar-refractivity contribution is 5.83. The van der Waals surface area contributed by atoms with Gasteiger partial charge in [-0.1, -0.05) is 32.1 Å². The summed E-state index contributed by atoms with van der Waals surface area (Å²) in [6.45, 7) is 17.1. The van der Waals surface area contributed by atoms with E-state index in [-0.39, 0.29) is 0 Å². The third kappa shape index (κ3) is 5.47. The molecule has 0 unspecified atom stereocenters. The minimum atomic E-state index is 0.452. The number of rotatable bonds is 6. The highest BCUT2D eigenvalue weighted by Gasteiger charge is 2.27. The van der Waals surface area contributed by atoms with Crippen LogP contribution in [0.25, 0.3) is 11.1 Å². The van der Waals surface area contributed by atoms with Crippen LogP contribution in [0.15, 0.2) is 53.5 Å². The number of hydrogen-bond donors (Lipinski definition) is 1. The maximum atomic E-state index is 4.67. The Morgan fingerprint density at radius 1 is 1.20 bits per heavy atom. The number of allylic oxidation sites excluding steroid dienone is 4. The van der Waals surface area contributed by atoms with Gasteiger partial charge in [0.25, 0.3) is 0 Å². The Morgan fingerprint density at radius 3 is 2.53 bits per heavy atom. The molecule has 160 valence electrons. The van der Waals surface area contributed by atoms with Crippen LogP contribution in [0.4, 0.5) is 5.95 Å². The van der Waals surface area contributed by atoms with E-state index < -0.39 is 0 Å². The Balaban J connectivity index is 1.74. The second kappa shape index (κ2) is 8.99. The molecular formula is C25H35N5. The lowest BCUT2D eigenvalue weighted by atomic mass is 9.76. The van der Waals surface area contributed by atoms with E-state index >= 15 is 0 Å². The van der Waals surface area contributed by atoms with Gasteiger partial charge in [0.15, 0.2) is 0 Å². The van der Waals surface area contributed by atoms with Crippen LogP contribution in [0.3, 0.4) is 0 Å². The normalized spacial score (nSPS) is 16.6. The number of anilines is 1. The van der Waals surface area contributed by atoms with Gasteiger partial charge in [-0.15, -0.1) is 5.10 Å². The van der Waals surface area contributed by atoms with Gasteiger partial charge in [-0.05, 0) is 76.5 Å². The van der Waals surface area contributed by atoms with Gasteiger partial charge in [-0.25, -0.2) is 9.50 Å². The summed E-state index contributed by atoms with van der Waals surface area (Å²) >= 11 is 0. The number of nitrogens with one attached hydrogen (secondary N) is 1. The van der Waals surface area contributed by atoms with Crippen molar-refractivity contribution in [3.05, 3.63) is 54.0 Å². The van der Waals surface area contributed by atoms with E-state index in [1.165, 1.54) is 31.3 Å². The van der Waals surface area contributed by atoms with Crippen molar-refractivity contribution in [1.82, 2.24) is 14.6 Å². The van der Waals surface area contributed by atoms with E-state index in [0.29, 0.717) is 17.4 Å². The van der Waals surface area contributed by atoms with Crippen molar-refractivity contribution in [1.29, 1.82) is 0 Å². The van der Waals surface area contributed by atoms with Gasteiger partial charge >= 0.3 is 0 Å². The number of hydrogen-bond acceptors (Lipinski definition) is 4. The van der Waals surface area contributed by atoms with E-state index in [1.807, 2.05) is 49.0 Å². The van der Waals surface area contributed by atoms with Gasteiger partial charge in [0.2, 0.25) is 5.95 Å². The molecule has 5 nitrogen and oxygen atoms in total. The van der Waals surface area contributed by atoms with Crippen molar-refractivity contribution in [2.75, 3.05) is 5.32 Å². The molecule has 1 fully saturated rings. The van der Waals surface area contributed by atoms with Crippen molar-refractivity contribution >= 4 is 22.7 Å². The highest BCUT2D eigenvalue weighted by atomic mass is 15.3. The zero-order valence-corrected chi connectivity index (χ0v) is 19.3. The minimum Gasteiger partial charge on any atom is -0.350 e. The smallest absolute Gasteiger partial charge is 0.241 e. The molecule has 0 atom stereocenters. The summed E-state index contributed by atoms with van der Waals surface area (Å²) in [5, 5.41) is 8.19. The monoisotopic (exact) mass is 405 g/mol. The van der Waals surface area contributed by atoms with Gasteiger partial charge in [-0.2, -0.15) is 0 Å². The fourth-order valence-electron chi connectivity index (χ4n) is 3.79. The molecule has 0 amide bonds. The van der Waals surface area contributed by atoms with E-state index in [2.05, 4.69) is 54.7 Å². The molecule has 2 aromatic heterocycles. The number of aliphatic imine (C=N–C) groups is 1. The molecule has 1 aliphatic carbocycles. The average molecular weight is 406 g/mol. The first-order valence-corrected chi connectivity index (χ1v) is 10.8. The standard InChI is InChI=1S/C25H35N5/c1-17(2)22(27-18(3)4)9-8-19(5)21-12-15-30-23(21)16-26-24(29-30)28-20-10-13-25(6,7)14-11-20/h8-9,12,15-16,20H,5,10-11,13-14H2,1-4,6-7H3,(H,28,29)/b9-8-. The van der Waals surface area contributed by atoms with Crippen LogP contribution in [0, 0.1) is 5.41 Å². The predicted molar refractivity (Wildman–Crippen MR) is 128 cm³/mol. The largest absolute Gasteiger partial charge is 0.350 e. The Kier molecular flexibility index (Phi) is 6.59. The molecule has 1 saturated carbocycles. The summed E-state index contributed by atoms with van der Waals surface area (Å²) < 4.78 is 1.88. The molecule has 0 spiro atoms. The lowest BCUT2D eigenvalue weighted by Crippen LogP contribution is -2.30. The Labute approximate surface area is 180 Å². The SMILES string of the molecule is C=C(/C=C\C(N=C(C)C)=C(C)C)c1ccn2nc(NC3CCC(C)(C)CC3)ncc12. The topological polar surface area (TPSA) is 54.6 Å². The third-order valence-electron chi connectivity index (χ3n) is 5.73. The lowest BCUT2D eigenvalue weighted by Gasteiger charge is -2.34. The molecular weight excluding hydrogens is 370 g/mol. The van der Waals surface area contributed by atoms with Crippen LogP contribution in [0.5, 0.6) is 0 Å². The van der Waals surface area contributed by atoms with Crippen molar-refractivity contribution < 1.29 is 0 Å². The first-order valence-electron chi connectivity index (χ1n) is 10.8. The minimum absolute atomic E-state index is 0.452. The molecule has 30 heavy (non-hydrogen) atoms. The maximum absolute atomic E-state index is 4.67. The second-order valence-electron chi connectivity index (χ2n) is 9.53. The highest BCUT2D eigenvalue weighted by Crippen LogP contribution is 2.35. The molecule has 5 heteroatoms. The number of nitrogens with zero attached hydrogens (tertiary/aromatic N) is 4. The molecule has 0 aliphatic heterocycles. The first-order chi connectivity index (χ1) is 14.1. The lowest BCUT2D eigenvalue weighted by molar-refractivity contribution is 0.232. The number of aromatic nitrogens is 3. The predicted octanol–water partition coefficient (Wildman–Crippen LogP) is 6.45. The van der Waals surface area contributed by atoms with Crippen LogP contribution < -0.4 is 5.32 Å².